The van der Waals surface area contributed by atoms with Gasteiger partial charge in [-0.15, -0.1) is 0 Å². The Hall–Kier alpha value is -2.24. The minimum Gasteiger partial charge on any atom is -0.462 e. The van der Waals surface area contributed by atoms with Gasteiger partial charge in [-0.3, -0.25) is 19.2 Å². The zero-order valence-corrected chi connectivity index (χ0v) is 48.2. The Kier molecular flexibility index (Phi) is 47.6. The van der Waals surface area contributed by atoms with Crippen LogP contribution in [0.5, 0.6) is 0 Å². The zero-order valence-electron chi connectivity index (χ0n) is 48.2. The molecule has 0 aromatic heterocycles. The van der Waals surface area contributed by atoms with Crippen LogP contribution >= 0.6 is 0 Å². The molecule has 0 aromatic rings. The van der Waals surface area contributed by atoms with E-state index in [0.717, 1.165) is 77.0 Å². The average Bonchev–Trinajstić information content (AvgIpc) is 3.37. The maximum Gasteiger partial charge on any atom is 0.306 e. The second kappa shape index (κ2) is 50.6. The molecule has 4 N–H and O–H groups in total. The standard InChI is InChI=1S/C62H118N2O9/c1-5-9-13-17-21-25-27-31-35-39-43-47-59(68)72-53(45-41-37-33-29-23-19-15-11-7-3)49-57(66)63-55-52-71-56(51-65)62(70)61(55)64-58(67)50-54(46-42-38-34-30-24-20-16-12-8-4)73-60(69)48-44-40-36-32-28-26-22-18-14-10-6-2/h53-56,61-62,65,70H,5-52H2,1-4H3,(H,63,66)(H,64,67)/t53-,54-,55+,56-,61-,62-/m1/s1. The van der Waals surface area contributed by atoms with Crippen LogP contribution in [0.15, 0.2) is 0 Å². The highest BCUT2D eigenvalue weighted by Crippen LogP contribution is 2.22. The van der Waals surface area contributed by atoms with Crippen molar-refractivity contribution in [1.29, 1.82) is 0 Å². The number of amides is 2. The van der Waals surface area contributed by atoms with Crippen molar-refractivity contribution in [3.05, 3.63) is 0 Å². The Balaban J connectivity index is 2.89. The van der Waals surface area contributed by atoms with Gasteiger partial charge < -0.3 is 35.1 Å². The first-order valence-corrected chi connectivity index (χ1v) is 31.6. The molecule has 0 radical (unpaired) electrons. The number of hydrogen-bond acceptors (Lipinski definition) is 9. The van der Waals surface area contributed by atoms with Crippen molar-refractivity contribution in [2.45, 2.75) is 360 Å². The molecule has 0 aliphatic carbocycles. The van der Waals surface area contributed by atoms with E-state index in [-0.39, 0.29) is 37.3 Å². The van der Waals surface area contributed by atoms with Gasteiger partial charge in [0, 0.05) is 12.8 Å². The molecule has 73 heavy (non-hydrogen) atoms. The van der Waals surface area contributed by atoms with Gasteiger partial charge in [-0.1, -0.05) is 259 Å². The Bertz CT molecular complexity index is 1280. The second-order valence-corrected chi connectivity index (χ2v) is 22.2. The van der Waals surface area contributed by atoms with Crippen LogP contribution in [0.4, 0.5) is 0 Å². The molecule has 0 saturated carbocycles. The number of aliphatic hydroxyl groups excluding tert-OH is 2. The first-order valence-electron chi connectivity index (χ1n) is 31.6. The predicted molar refractivity (Wildman–Crippen MR) is 302 cm³/mol. The lowest BCUT2D eigenvalue weighted by atomic mass is 9.94. The molecule has 1 rings (SSSR count). The van der Waals surface area contributed by atoms with E-state index in [2.05, 4.69) is 38.3 Å². The number of rotatable bonds is 53. The SMILES string of the molecule is CCCCCCCCCCCCCC(=O)O[C@H](CCCCCCCCCCC)CC(=O)N[C@H]1[C@H](O)[C@@H](CO)OC[C@@H]1NC(=O)C[C@@H](CCCCCCCCCCC)OC(=O)CCCCCCCCCCCCC. The minimum absolute atomic E-state index is 0.0314. The van der Waals surface area contributed by atoms with Gasteiger partial charge in [0.2, 0.25) is 11.8 Å². The summed E-state index contributed by atoms with van der Waals surface area (Å²) in [4.78, 5) is 54.1. The highest BCUT2D eigenvalue weighted by atomic mass is 16.5. The van der Waals surface area contributed by atoms with Crippen LogP contribution in [0, 0.1) is 0 Å². The van der Waals surface area contributed by atoms with Crippen LogP contribution in [0.2, 0.25) is 0 Å². The van der Waals surface area contributed by atoms with Crippen molar-refractivity contribution in [3.8, 4) is 0 Å². The molecule has 0 spiro atoms. The van der Waals surface area contributed by atoms with Crippen molar-refractivity contribution in [1.82, 2.24) is 10.6 Å². The molecule has 1 heterocycles. The minimum atomic E-state index is -1.30. The van der Waals surface area contributed by atoms with Gasteiger partial charge >= 0.3 is 11.9 Å². The quantitative estimate of drug-likeness (QED) is 0.0343. The van der Waals surface area contributed by atoms with Crippen LogP contribution in [-0.4, -0.2) is 83.7 Å². The molecule has 2 amide bonds. The van der Waals surface area contributed by atoms with E-state index in [4.69, 9.17) is 14.2 Å². The van der Waals surface area contributed by atoms with Gasteiger partial charge in [0.15, 0.2) is 0 Å². The molecule has 6 atom stereocenters. The molecule has 0 bridgehead atoms. The Morgan fingerprint density at radius 1 is 0.438 bits per heavy atom. The van der Waals surface area contributed by atoms with E-state index in [1.807, 2.05) is 0 Å². The van der Waals surface area contributed by atoms with Crippen molar-refractivity contribution in [2.24, 2.45) is 0 Å². The van der Waals surface area contributed by atoms with E-state index >= 15 is 0 Å². The van der Waals surface area contributed by atoms with E-state index in [1.165, 1.54) is 180 Å². The maximum atomic E-state index is 13.9. The van der Waals surface area contributed by atoms with Gasteiger partial charge in [-0.05, 0) is 38.5 Å². The number of hydrogen-bond donors (Lipinski definition) is 4. The predicted octanol–water partition coefficient (Wildman–Crippen LogP) is 15.6. The highest BCUT2D eigenvalue weighted by Gasteiger charge is 2.41. The Labute approximate surface area is 449 Å². The monoisotopic (exact) mass is 1030 g/mol. The summed E-state index contributed by atoms with van der Waals surface area (Å²) < 4.78 is 17.8. The summed E-state index contributed by atoms with van der Waals surface area (Å²) in [7, 11) is 0. The van der Waals surface area contributed by atoms with Gasteiger partial charge in [-0.2, -0.15) is 0 Å². The van der Waals surface area contributed by atoms with Gasteiger partial charge in [-0.25, -0.2) is 0 Å². The molecule has 1 saturated heterocycles. The van der Waals surface area contributed by atoms with Crippen LogP contribution in [0.25, 0.3) is 0 Å². The lowest BCUT2D eigenvalue weighted by molar-refractivity contribution is -0.154. The molecular formula is C62H118N2O9. The molecule has 11 heteroatoms. The average molecular weight is 1040 g/mol. The molecule has 1 aliphatic heterocycles. The normalized spacial score (nSPS) is 17.6. The van der Waals surface area contributed by atoms with Crippen LogP contribution in [0.3, 0.4) is 0 Å². The number of aliphatic hydroxyl groups is 2. The number of esters is 2. The smallest absolute Gasteiger partial charge is 0.306 e. The fourth-order valence-electron chi connectivity index (χ4n) is 10.4. The molecule has 0 aromatic carbocycles. The summed E-state index contributed by atoms with van der Waals surface area (Å²) >= 11 is 0. The summed E-state index contributed by atoms with van der Waals surface area (Å²) in [6, 6.07) is -1.75. The molecule has 11 nitrogen and oxygen atoms in total. The largest absolute Gasteiger partial charge is 0.462 e. The highest BCUT2D eigenvalue weighted by molar-refractivity contribution is 5.79. The van der Waals surface area contributed by atoms with Gasteiger partial charge in [0.1, 0.15) is 24.4 Å². The third-order valence-electron chi connectivity index (χ3n) is 15.2. The van der Waals surface area contributed by atoms with Crippen molar-refractivity contribution in [2.75, 3.05) is 13.2 Å². The summed E-state index contributed by atoms with van der Waals surface area (Å²) in [6.07, 6.45) is 45.4. The summed E-state index contributed by atoms with van der Waals surface area (Å²) in [6.45, 7) is 8.46. The maximum absolute atomic E-state index is 13.9. The number of nitrogens with one attached hydrogen (secondary N) is 2. The molecule has 0 unspecified atom stereocenters. The third kappa shape index (κ3) is 40.7. The second-order valence-electron chi connectivity index (χ2n) is 22.2. The Morgan fingerprint density at radius 3 is 1.04 bits per heavy atom. The summed E-state index contributed by atoms with van der Waals surface area (Å²) in [5.41, 5.74) is 0. The van der Waals surface area contributed by atoms with Crippen LogP contribution in [0.1, 0.15) is 323 Å². The number of unbranched alkanes of at least 4 members (excludes halogenated alkanes) is 36. The van der Waals surface area contributed by atoms with Crippen molar-refractivity contribution < 1.29 is 43.6 Å². The number of ether oxygens (including phenoxy) is 3. The fourth-order valence-corrected chi connectivity index (χ4v) is 10.4. The lowest BCUT2D eigenvalue weighted by Gasteiger charge is -2.40. The topological polar surface area (TPSA) is 160 Å². The molecular weight excluding hydrogens is 917 g/mol. The van der Waals surface area contributed by atoms with E-state index in [0.29, 0.717) is 25.7 Å². The van der Waals surface area contributed by atoms with Crippen LogP contribution in [-0.2, 0) is 33.4 Å². The first-order chi connectivity index (χ1) is 35.7. The molecule has 430 valence electrons. The van der Waals surface area contributed by atoms with Gasteiger partial charge in [0.05, 0.1) is 38.1 Å². The first kappa shape index (κ1) is 68.8. The van der Waals surface area contributed by atoms with E-state index < -0.39 is 49.0 Å². The zero-order chi connectivity index (χ0) is 53.3. The summed E-state index contributed by atoms with van der Waals surface area (Å²) in [5.74, 6) is -1.30. The van der Waals surface area contributed by atoms with Gasteiger partial charge in [0.25, 0.3) is 0 Å². The van der Waals surface area contributed by atoms with Crippen LogP contribution < -0.4 is 10.6 Å². The van der Waals surface area contributed by atoms with E-state index in [9.17, 15) is 29.4 Å². The van der Waals surface area contributed by atoms with Crippen molar-refractivity contribution >= 4 is 23.8 Å². The number of carbonyl (C=O) groups excluding carboxylic acids is 4. The van der Waals surface area contributed by atoms with Crippen molar-refractivity contribution in [3.63, 3.8) is 0 Å². The third-order valence-corrected chi connectivity index (χ3v) is 15.2. The number of carbonyl (C=O) groups is 4. The molecule has 1 fully saturated rings. The Morgan fingerprint density at radius 2 is 0.726 bits per heavy atom. The lowest BCUT2D eigenvalue weighted by Crippen LogP contribution is -2.66. The summed E-state index contributed by atoms with van der Waals surface area (Å²) in [5, 5.41) is 27.4. The van der Waals surface area contributed by atoms with E-state index in [1.54, 1.807) is 0 Å². The molecule has 1 aliphatic rings. The fraction of sp³-hybridized carbons (Fsp3) is 0.935.